The van der Waals surface area contributed by atoms with E-state index in [1.165, 1.54) is 10.9 Å². The smallest absolute Gasteiger partial charge is 0.408 e. The Morgan fingerprint density at radius 2 is 2.05 bits per heavy atom. The van der Waals surface area contributed by atoms with Crippen LogP contribution in [0.4, 0.5) is 4.79 Å². The minimum absolute atomic E-state index is 0.00125. The van der Waals surface area contributed by atoms with E-state index in [0.29, 0.717) is 5.69 Å². The van der Waals surface area contributed by atoms with Gasteiger partial charge in [-0.15, -0.1) is 5.10 Å². The minimum atomic E-state index is -1.29. The first-order valence-electron chi connectivity index (χ1n) is 6.07. The Labute approximate surface area is 114 Å². The van der Waals surface area contributed by atoms with Crippen LogP contribution in [0.1, 0.15) is 32.0 Å². The lowest BCUT2D eigenvalue weighted by Crippen LogP contribution is -2.39. The predicted molar refractivity (Wildman–Crippen MR) is 65.1 cm³/mol. The summed E-state index contributed by atoms with van der Waals surface area (Å²) in [6.45, 7) is 3.11. The van der Waals surface area contributed by atoms with Gasteiger partial charge in [0.15, 0.2) is 0 Å². The molecule has 2 heterocycles. The van der Waals surface area contributed by atoms with Crippen molar-refractivity contribution in [2.75, 3.05) is 6.54 Å². The molecule has 1 aromatic rings. The molecular formula is C11H16N4O5. The van der Waals surface area contributed by atoms with Crippen molar-refractivity contribution in [1.29, 1.82) is 0 Å². The summed E-state index contributed by atoms with van der Waals surface area (Å²) in [7, 11) is 0. The maximum atomic E-state index is 11.1. The van der Waals surface area contributed by atoms with E-state index in [2.05, 4.69) is 10.3 Å². The molecule has 20 heavy (non-hydrogen) atoms. The van der Waals surface area contributed by atoms with Crippen LogP contribution >= 0.6 is 0 Å². The van der Waals surface area contributed by atoms with Crippen LogP contribution < -0.4 is 0 Å². The van der Waals surface area contributed by atoms with Crippen molar-refractivity contribution in [3.8, 4) is 0 Å². The third kappa shape index (κ3) is 2.44. The molecule has 1 aliphatic heterocycles. The number of aliphatic carboxylic acids is 1. The zero-order valence-electron chi connectivity index (χ0n) is 11.1. The summed E-state index contributed by atoms with van der Waals surface area (Å²) in [4.78, 5) is 23.1. The Kier molecular flexibility index (Phi) is 3.38. The van der Waals surface area contributed by atoms with E-state index in [1.807, 2.05) is 0 Å². The molecule has 0 spiro atoms. The number of nitrogens with zero attached hydrogens (tertiary/aromatic N) is 4. The summed E-state index contributed by atoms with van der Waals surface area (Å²) in [6.07, 6.45) is 0.192. The van der Waals surface area contributed by atoms with Gasteiger partial charge in [0, 0.05) is 13.0 Å². The number of rotatable bonds is 3. The number of carboxylic acid groups (broad SMARTS) is 2. The van der Waals surface area contributed by atoms with Crippen LogP contribution in [0.25, 0.3) is 0 Å². The van der Waals surface area contributed by atoms with E-state index < -0.39 is 29.7 Å². The summed E-state index contributed by atoms with van der Waals surface area (Å²) < 4.78 is 1.40. The molecule has 0 aliphatic carbocycles. The fourth-order valence-electron chi connectivity index (χ4n) is 2.39. The van der Waals surface area contributed by atoms with Gasteiger partial charge in [-0.2, -0.15) is 0 Å². The fourth-order valence-corrected chi connectivity index (χ4v) is 2.39. The lowest BCUT2D eigenvalue weighted by Gasteiger charge is -2.21. The standard InChI is InChI=1S/C11H16N4O5/c1-11(2,20)8-4-12-13-15(8)6-3-7(9(16)17)14(5-6)10(18)19/h4,6-7,20H,3,5H2,1-2H3,(H,16,17)(H,18,19)/t6-,7-/m0/s1. The van der Waals surface area contributed by atoms with Gasteiger partial charge in [-0.05, 0) is 13.8 Å². The molecule has 3 N–H and O–H groups in total. The van der Waals surface area contributed by atoms with Crippen LogP contribution in [-0.4, -0.2) is 59.9 Å². The highest BCUT2D eigenvalue weighted by molar-refractivity contribution is 5.80. The molecule has 0 saturated carbocycles. The third-order valence-corrected chi connectivity index (χ3v) is 3.36. The van der Waals surface area contributed by atoms with E-state index in [0.717, 1.165) is 4.90 Å². The Bertz CT molecular complexity index is 513. The second-order valence-electron chi connectivity index (χ2n) is 5.30. The topological polar surface area (TPSA) is 129 Å². The first-order valence-corrected chi connectivity index (χ1v) is 6.07. The van der Waals surface area contributed by atoms with E-state index in [9.17, 15) is 14.7 Å². The number of hydrogen-bond donors (Lipinski definition) is 3. The molecule has 1 fully saturated rings. The van der Waals surface area contributed by atoms with Gasteiger partial charge < -0.3 is 15.3 Å². The van der Waals surface area contributed by atoms with Gasteiger partial charge in [0.1, 0.15) is 11.6 Å². The summed E-state index contributed by atoms with van der Waals surface area (Å²) in [6, 6.07) is -1.58. The van der Waals surface area contributed by atoms with Crippen LogP contribution in [0.2, 0.25) is 0 Å². The second kappa shape index (κ2) is 4.75. The third-order valence-electron chi connectivity index (χ3n) is 3.36. The van der Waals surface area contributed by atoms with Crippen LogP contribution in [0.15, 0.2) is 6.20 Å². The maximum absolute atomic E-state index is 11.1. The zero-order chi connectivity index (χ0) is 15.1. The first-order chi connectivity index (χ1) is 9.21. The van der Waals surface area contributed by atoms with Gasteiger partial charge in [-0.3, -0.25) is 4.90 Å². The van der Waals surface area contributed by atoms with Gasteiger partial charge in [-0.1, -0.05) is 5.21 Å². The second-order valence-corrected chi connectivity index (χ2v) is 5.30. The summed E-state index contributed by atoms with van der Waals surface area (Å²) >= 11 is 0. The molecule has 1 amide bonds. The van der Waals surface area contributed by atoms with Crippen molar-refractivity contribution in [3.63, 3.8) is 0 Å². The lowest BCUT2D eigenvalue weighted by atomic mass is 10.1. The number of likely N-dealkylation sites (tertiary alicyclic amines) is 1. The first kappa shape index (κ1) is 14.3. The molecule has 1 saturated heterocycles. The van der Waals surface area contributed by atoms with Crippen molar-refractivity contribution < 1.29 is 24.9 Å². The Hall–Kier alpha value is -2.16. The molecule has 0 bridgehead atoms. The predicted octanol–water partition coefficient (Wildman–Crippen LogP) is -0.117. The normalized spacial score (nSPS) is 23.1. The van der Waals surface area contributed by atoms with Crippen molar-refractivity contribution in [3.05, 3.63) is 11.9 Å². The number of hydrogen-bond acceptors (Lipinski definition) is 5. The molecule has 0 aromatic carbocycles. The van der Waals surface area contributed by atoms with Crippen molar-refractivity contribution >= 4 is 12.1 Å². The molecule has 2 atom stereocenters. The van der Waals surface area contributed by atoms with E-state index in [1.54, 1.807) is 13.8 Å². The number of aromatic nitrogens is 3. The van der Waals surface area contributed by atoms with Crippen molar-refractivity contribution in [2.45, 2.75) is 38.0 Å². The van der Waals surface area contributed by atoms with Gasteiger partial charge in [0.2, 0.25) is 0 Å². The fraction of sp³-hybridized carbons (Fsp3) is 0.636. The molecule has 9 nitrogen and oxygen atoms in total. The van der Waals surface area contributed by atoms with E-state index in [-0.39, 0.29) is 13.0 Å². The molecule has 9 heteroatoms. The number of amides is 1. The number of carbonyl (C=O) groups is 2. The van der Waals surface area contributed by atoms with Gasteiger partial charge in [-0.25, -0.2) is 14.3 Å². The van der Waals surface area contributed by atoms with E-state index in [4.69, 9.17) is 10.2 Å². The average molecular weight is 284 g/mol. The highest BCUT2D eigenvalue weighted by Crippen LogP contribution is 2.30. The SMILES string of the molecule is CC(C)(O)c1cnnn1[C@H]1C[C@@H](C(=O)O)N(C(=O)O)C1. The molecule has 110 valence electrons. The average Bonchev–Trinajstić information content (AvgIpc) is 2.94. The summed E-state index contributed by atoms with van der Waals surface area (Å²) in [5, 5.41) is 35.7. The van der Waals surface area contributed by atoms with Crippen LogP contribution in [0.3, 0.4) is 0 Å². The largest absolute Gasteiger partial charge is 0.480 e. The minimum Gasteiger partial charge on any atom is -0.480 e. The molecule has 0 unspecified atom stereocenters. The van der Waals surface area contributed by atoms with Gasteiger partial charge in [0.05, 0.1) is 17.9 Å². The molecule has 1 aliphatic rings. The van der Waals surface area contributed by atoms with Crippen molar-refractivity contribution in [2.24, 2.45) is 0 Å². The maximum Gasteiger partial charge on any atom is 0.408 e. The van der Waals surface area contributed by atoms with Crippen LogP contribution in [0.5, 0.6) is 0 Å². The highest BCUT2D eigenvalue weighted by atomic mass is 16.4. The summed E-state index contributed by atoms with van der Waals surface area (Å²) in [5.74, 6) is -1.19. The Morgan fingerprint density at radius 1 is 1.40 bits per heavy atom. The molecule has 2 rings (SSSR count). The number of carboxylic acids is 1. The quantitative estimate of drug-likeness (QED) is 0.705. The van der Waals surface area contributed by atoms with Crippen LogP contribution in [-0.2, 0) is 10.4 Å². The Morgan fingerprint density at radius 3 is 2.50 bits per heavy atom. The van der Waals surface area contributed by atoms with Gasteiger partial charge in [0.25, 0.3) is 0 Å². The van der Waals surface area contributed by atoms with E-state index >= 15 is 0 Å². The molecule has 1 aromatic heterocycles. The summed E-state index contributed by atoms with van der Waals surface area (Å²) in [5.41, 5.74) is -0.780. The van der Waals surface area contributed by atoms with Gasteiger partial charge >= 0.3 is 12.1 Å². The lowest BCUT2D eigenvalue weighted by molar-refractivity contribution is -0.141. The molecule has 0 radical (unpaired) electrons. The van der Waals surface area contributed by atoms with Crippen molar-refractivity contribution in [1.82, 2.24) is 19.9 Å². The van der Waals surface area contributed by atoms with Crippen LogP contribution in [0, 0.1) is 0 Å². The monoisotopic (exact) mass is 284 g/mol. The zero-order valence-corrected chi connectivity index (χ0v) is 11.1. The molecular weight excluding hydrogens is 268 g/mol. The Balaban J connectivity index is 2.30. The highest BCUT2D eigenvalue weighted by Gasteiger charge is 2.42. The number of aliphatic hydroxyl groups is 1.